The second kappa shape index (κ2) is 9.06. The van der Waals surface area contributed by atoms with Crippen molar-refractivity contribution in [2.45, 2.75) is 69.6 Å². The van der Waals surface area contributed by atoms with E-state index >= 15 is 0 Å². The first-order valence-corrected chi connectivity index (χ1v) is 12.3. The third-order valence-electron chi connectivity index (χ3n) is 7.50. The van der Waals surface area contributed by atoms with E-state index in [0.29, 0.717) is 26.1 Å². The van der Waals surface area contributed by atoms with Crippen molar-refractivity contribution in [2.75, 3.05) is 45.9 Å². The number of carbonyl (C=O) groups is 3. The lowest BCUT2D eigenvalue weighted by Gasteiger charge is -2.31. The summed E-state index contributed by atoms with van der Waals surface area (Å²) in [7, 11) is 0. The van der Waals surface area contributed by atoms with Crippen molar-refractivity contribution in [2.24, 2.45) is 11.8 Å². The minimum atomic E-state index is -0.435. The highest BCUT2D eigenvalue weighted by atomic mass is 16.5. The topological polar surface area (TPSA) is 82.2 Å². The summed E-state index contributed by atoms with van der Waals surface area (Å²) in [5.74, 6) is 0.582. The maximum Gasteiger partial charge on any atom is 0.245 e. The number of amides is 3. The fourth-order valence-corrected chi connectivity index (χ4v) is 5.35. The van der Waals surface area contributed by atoms with Gasteiger partial charge in [-0.2, -0.15) is 0 Å². The molecule has 5 aliphatic rings. The van der Waals surface area contributed by atoms with Gasteiger partial charge in [0.25, 0.3) is 0 Å². The van der Waals surface area contributed by atoms with Crippen molar-refractivity contribution >= 4 is 17.7 Å². The summed E-state index contributed by atoms with van der Waals surface area (Å²) < 4.78 is 5.84. The SMILES string of the molecule is O=C(C1CC(N(CC2CCCO2)C(=O)C2CC2)CN1C(=O)C1CC1)N1CCCNCC1. The summed E-state index contributed by atoms with van der Waals surface area (Å²) in [6.45, 7) is 4.99. The van der Waals surface area contributed by atoms with Crippen LogP contribution in [-0.2, 0) is 19.1 Å². The number of ether oxygens (including phenoxy) is 1. The van der Waals surface area contributed by atoms with Crippen LogP contribution in [-0.4, -0.2) is 96.5 Å². The highest BCUT2D eigenvalue weighted by Gasteiger charge is 2.49. The second-order valence-electron chi connectivity index (χ2n) is 10.00. The van der Waals surface area contributed by atoms with Crippen LogP contribution in [0.15, 0.2) is 0 Å². The quantitative estimate of drug-likeness (QED) is 0.665. The lowest BCUT2D eigenvalue weighted by Crippen LogP contribution is -2.49. The molecule has 0 aromatic carbocycles. The van der Waals surface area contributed by atoms with E-state index in [1.54, 1.807) is 0 Å². The molecule has 0 spiro atoms. The van der Waals surface area contributed by atoms with Gasteiger partial charge in [0.15, 0.2) is 0 Å². The van der Waals surface area contributed by atoms with Crippen LogP contribution in [0.4, 0.5) is 0 Å². The number of carbonyl (C=O) groups excluding carboxylic acids is 3. The number of nitrogens with zero attached hydrogens (tertiary/aromatic N) is 3. The Labute approximate surface area is 184 Å². The van der Waals surface area contributed by atoms with Gasteiger partial charge in [-0.15, -0.1) is 0 Å². The number of rotatable bonds is 6. The van der Waals surface area contributed by atoms with Crippen LogP contribution in [0.3, 0.4) is 0 Å². The minimum absolute atomic E-state index is 0.0659. The predicted molar refractivity (Wildman–Crippen MR) is 114 cm³/mol. The van der Waals surface area contributed by atoms with E-state index in [0.717, 1.165) is 71.2 Å². The number of nitrogens with one attached hydrogen (secondary N) is 1. The van der Waals surface area contributed by atoms with Crippen molar-refractivity contribution in [1.82, 2.24) is 20.0 Å². The molecule has 0 radical (unpaired) electrons. The van der Waals surface area contributed by atoms with Crippen LogP contribution in [0, 0.1) is 11.8 Å². The maximum absolute atomic E-state index is 13.5. The third-order valence-corrected chi connectivity index (χ3v) is 7.50. The molecule has 3 amide bonds. The zero-order valence-corrected chi connectivity index (χ0v) is 18.5. The lowest BCUT2D eigenvalue weighted by atomic mass is 10.1. The van der Waals surface area contributed by atoms with E-state index in [4.69, 9.17) is 4.74 Å². The fraction of sp³-hybridized carbons (Fsp3) is 0.870. The highest BCUT2D eigenvalue weighted by Crippen LogP contribution is 2.37. The van der Waals surface area contributed by atoms with Gasteiger partial charge in [-0.05, 0) is 57.9 Å². The largest absolute Gasteiger partial charge is 0.376 e. The van der Waals surface area contributed by atoms with Crippen LogP contribution in [0.25, 0.3) is 0 Å². The first kappa shape index (κ1) is 21.2. The zero-order chi connectivity index (χ0) is 21.4. The molecule has 0 aromatic heterocycles. The zero-order valence-electron chi connectivity index (χ0n) is 18.5. The van der Waals surface area contributed by atoms with Gasteiger partial charge in [-0.1, -0.05) is 0 Å². The molecule has 3 aliphatic heterocycles. The smallest absolute Gasteiger partial charge is 0.245 e. The Kier molecular flexibility index (Phi) is 6.19. The minimum Gasteiger partial charge on any atom is -0.376 e. The van der Waals surface area contributed by atoms with E-state index < -0.39 is 6.04 Å². The summed E-state index contributed by atoms with van der Waals surface area (Å²) >= 11 is 0. The first-order valence-electron chi connectivity index (χ1n) is 12.3. The van der Waals surface area contributed by atoms with Crippen molar-refractivity contribution in [3.05, 3.63) is 0 Å². The lowest BCUT2D eigenvalue weighted by molar-refractivity contribution is -0.144. The Bertz CT molecular complexity index is 694. The molecule has 172 valence electrons. The van der Waals surface area contributed by atoms with Crippen molar-refractivity contribution in [3.63, 3.8) is 0 Å². The summed E-state index contributed by atoms with van der Waals surface area (Å²) in [5, 5.41) is 3.35. The molecule has 2 aliphatic carbocycles. The molecule has 8 nitrogen and oxygen atoms in total. The van der Waals surface area contributed by atoms with E-state index in [2.05, 4.69) is 5.32 Å². The van der Waals surface area contributed by atoms with Crippen LogP contribution in [0.2, 0.25) is 0 Å². The van der Waals surface area contributed by atoms with Crippen molar-refractivity contribution < 1.29 is 19.1 Å². The van der Waals surface area contributed by atoms with Gasteiger partial charge >= 0.3 is 0 Å². The predicted octanol–water partition coefficient (Wildman–Crippen LogP) is 0.605. The molecule has 31 heavy (non-hydrogen) atoms. The molecule has 0 bridgehead atoms. The van der Waals surface area contributed by atoms with Crippen LogP contribution < -0.4 is 5.32 Å². The Morgan fingerprint density at radius 3 is 2.45 bits per heavy atom. The average Bonchev–Trinajstić information content (AvgIpc) is 3.69. The molecule has 0 aromatic rings. The molecular weight excluding hydrogens is 396 g/mol. The summed E-state index contributed by atoms with van der Waals surface area (Å²) in [5.41, 5.74) is 0. The normalized spacial score (nSPS) is 31.5. The van der Waals surface area contributed by atoms with Crippen LogP contribution in [0.5, 0.6) is 0 Å². The van der Waals surface area contributed by atoms with E-state index in [9.17, 15) is 14.4 Å². The van der Waals surface area contributed by atoms with Gasteiger partial charge in [0.1, 0.15) is 6.04 Å². The fourth-order valence-electron chi connectivity index (χ4n) is 5.35. The van der Waals surface area contributed by atoms with Gasteiger partial charge in [0.2, 0.25) is 17.7 Å². The van der Waals surface area contributed by atoms with E-state index in [1.165, 1.54) is 0 Å². The first-order chi connectivity index (χ1) is 15.1. The van der Waals surface area contributed by atoms with Gasteiger partial charge < -0.3 is 24.8 Å². The summed E-state index contributed by atoms with van der Waals surface area (Å²) in [6, 6.07) is -0.519. The molecule has 3 unspecified atom stereocenters. The van der Waals surface area contributed by atoms with Gasteiger partial charge in [-0.25, -0.2) is 0 Å². The van der Waals surface area contributed by atoms with Crippen LogP contribution >= 0.6 is 0 Å². The molecule has 1 N–H and O–H groups in total. The monoisotopic (exact) mass is 432 g/mol. The Hall–Kier alpha value is -1.67. The number of hydrogen-bond donors (Lipinski definition) is 1. The van der Waals surface area contributed by atoms with Crippen molar-refractivity contribution in [3.8, 4) is 0 Å². The molecule has 5 rings (SSSR count). The second-order valence-corrected chi connectivity index (χ2v) is 10.00. The van der Waals surface area contributed by atoms with Crippen molar-refractivity contribution in [1.29, 1.82) is 0 Å². The van der Waals surface area contributed by atoms with E-state index in [1.807, 2.05) is 14.7 Å². The highest BCUT2D eigenvalue weighted by molar-refractivity contribution is 5.90. The van der Waals surface area contributed by atoms with Gasteiger partial charge in [0.05, 0.1) is 12.1 Å². The maximum atomic E-state index is 13.5. The Morgan fingerprint density at radius 2 is 1.74 bits per heavy atom. The Morgan fingerprint density at radius 1 is 0.935 bits per heavy atom. The van der Waals surface area contributed by atoms with Crippen LogP contribution in [0.1, 0.15) is 51.4 Å². The molecule has 3 atom stereocenters. The third kappa shape index (κ3) is 4.75. The standard InChI is InChI=1S/C23H36N4O4/c28-21(16-4-5-16)26(15-19-3-1-12-31-19)18-13-20(27(14-18)22(29)17-6-7-17)23(30)25-10-2-8-24-9-11-25/h16-20,24H,1-15H2. The van der Waals surface area contributed by atoms with E-state index in [-0.39, 0.29) is 41.7 Å². The molecule has 2 saturated carbocycles. The molecule has 3 saturated heterocycles. The average molecular weight is 433 g/mol. The summed E-state index contributed by atoms with van der Waals surface area (Å²) in [6.07, 6.45) is 7.37. The Balaban J connectivity index is 1.34. The molecular formula is C23H36N4O4. The summed E-state index contributed by atoms with van der Waals surface area (Å²) in [4.78, 5) is 45.6. The molecule has 8 heteroatoms. The number of likely N-dealkylation sites (tertiary alicyclic amines) is 1. The molecule has 3 heterocycles. The number of hydrogen-bond acceptors (Lipinski definition) is 5. The molecule has 5 fully saturated rings. The van der Waals surface area contributed by atoms with Gasteiger partial charge in [0, 0.05) is 51.2 Å². The van der Waals surface area contributed by atoms with Gasteiger partial charge in [-0.3, -0.25) is 14.4 Å².